The van der Waals surface area contributed by atoms with Crippen molar-refractivity contribution in [2.75, 3.05) is 31.5 Å². The van der Waals surface area contributed by atoms with Crippen LogP contribution in [0.4, 0.5) is 5.69 Å². The molecule has 0 aromatic heterocycles. The van der Waals surface area contributed by atoms with Crippen LogP contribution in [0.15, 0.2) is 42.5 Å². The Hall–Kier alpha value is -2.98. The van der Waals surface area contributed by atoms with Crippen molar-refractivity contribution in [3.8, 4) is 0 Å². The van der Waals surface area contributed by atoms with E-state index in [4.69, 9.17) is 17.3 Å². The second kappa shape index (κ2) is 14.1. The second-order valence-corrected chi connectivity index (χ2v) is 11.2. The summed E-state index contributed by atoms with van der Waals surface area (Å²) in [5.74, 6) is -0.477. The summed E-state index contributed by atoms with van der Waals surface area (Å²) < 4.78 is 0. The van der Waals surface area contributed by atoms with Crippen LogP contribution in [0.5, 0.6) is 0 Å². The number of fused-ring (bicyclic) bond motifs is 1. The maximum absolute atomic E-state index is 13.6. The highest BCUT2D eigenvalue weighted by atomic mass is 35.5. The Bertz CT molecular complexity index is 1200. The third-order valence-electron chi connectivity index (χ3n) is 7.82. The quantitative estimate of drug-likeness (QED) is 0.348. The van der Waals surface area contributed by atoms with E-state index >= 15 is 0 Å². The van der Waals surface area contributed by atoms with Crippen LogP contribution in [0.25, 0.3) is 0 Å². The second-order valence-electron chi connectivity index (χ2n) is 10.8. The Kier molecular flexibility index (Phi) is 10.6. The Morgan fingerprint density at radius 2 is 1.85 bits per heavy atom. The normalized spacial score (nSPS) is 18.6. The number of nitrogens with two attached hydrogens (primary N) is 1. The Balaban J connectivity index is 1.41. The Labute approximate surface area is 241 Å². The van der Waals surface area contributed by atoms with E-state index in [-0.39, 0.29) is 30.4 Å². The van der Waals surface area contributed by atoms with Crippen molar-refractivity contribution in [1.82, 2.24) is 15.1 Å². The van der Waals surface area contributed by atoms with Gasteiger partial charge in [-0.3, -0.25) is 19.3 Å². The molecule has 10 heteroatoms. The molecule has 2 atom stereocenters. The number of piperidine rings is 1. The van der Waals surface area contributed by atoms with Crippen LogP contribution in [-0.2, 0) is 27.3 Å². The summed E-state index contributed by atoms with van der Waals surface area (Å²) in [7, 11) is 0. The number of anilines is 1. The van der Waals surface area contributed by atoms with Crippen molar-refractivity contribution in [2.45, 2.75) is 70.2 Å². The number of halogens is 1. The summed E-state index contributed by atoms with van der Waals surface area (Å²) in [6, 6.07) is 12.0. The van der Waals surface area contributed by atoms with Crippen LogP contribution in [0, 0.1) is 6.92 Å². The average molecular weight is 570 g/mol. The van der Waals surface area contributed by atoms with Crippen molar-refractivity contribution >= 4 is 35.0 Å². The van der Waals surface area contributed by atoms with Gasteiger partial charge in [0, 0.05) is 36.8 Å². The van der Waals surface area contributed by atoms with E-state index in [1.54, 1.807) is 18.2 Å². The summed E-state index contributed by atoms with van der Waals surface area (Å²) >= 11 is 6.11. The zero-order chi connectivity index (χ0) is 28.6. The third-order valence-corrected chi connectivity index (χ3v) is 8.24. The smallest absolute Gasteiger partial charge is 0.246 e. The van der Waals surface area contributed by atoms with Gasteiger partial charge in [0.25, 0.3) is 0 Å². The lowest BCUT2D eigenvalue weighted by atomic mass is 9.93. The fourth-order valence-corrected chi connectivity index (χ4v) is 5.55. The van der Waals surface area contributed by atoms with Crippen LogP contribution in [0.2, 0.25) is 5.02 Å². The molecule has 216 valence electrons. The first-order valence-electron chi connectivity index (χ1n) is 14.1. The lowest BCUT2D eigenvalue weighted by molar-refractivity contribution is -0.133. The highest BCUT2D eigenvalue weighted by molar-refractivity contribution is 6.31. The van der Waals surface area contributed by atoms with E-state index in [1.807, 2.05) is 30.0 Å². The highest BCUT2D eigenvalue weighted by Gasteiger charge is 2.33. The number of carbonyl (C=O) groups excluding carboxylic acids is 3. The number of likely N-dealkylation sites (tertiary alicyclic amines) is 1. The molecule has 1 saturated heterocycles. The van der Waals surface area contributed by atoms with Crippen molar-refractivity contribution in [2.24, 2.45) is 5.73 Å². The molecule has 2 heterocycles. The molecular weight excluding hydrogens is 530 g/mol. The molecule has 0 spiro atoms. The molecule has 0 bridgehead atoms. The van der Waals surface area contributed by atoms with Crippen molar-refractivity contribution in [1.29, 1.82) is 0 Å². The number of amides is 3. The first-order chi connectivity index (χ1) is 19.2. The molecular formula is C30H40ClN5O4. The van der Waals surface area contributed by atoms with E-state index in [0.717, 1.165) is 16.7 Å². The van der Waals surface area contributed by atoms with Crippen molar-refractivity contribution < 1.29 is 19.5 Å². The van der Waals surface area contributed by atoms with Gasteiger partial charge < -0.3 is 26.4 Å². The number of hydrogen-bond donors (Lipinski definition) is 4. The molecule has 0 unspecified atom stereocenters. The number of aryl methyl sites for hydroxylation is 1. The first-order valence-corrected chi connectivity index (χ1v) is 14.5. The lowest BCUT2D eigenvalue weighted by Crippen LogP contribution is -2.55. The van der Waals surface area contributed by atoms with Gasteiger partial charge in [0.1, 0.15) is 6.04 Å². The van der Waals surface area contributed by atoms with E-state index < -0.39 is 12.1 Å². The maximum atomic E-state index is 13.6. The molecule has 2 aromatic rings. The van der Waals surface area contributed by atoms with Gasteiger partial charge in [0.05, 0.1) is 12.1 Å². The minimum absolute atomic E-state index is 0.0856. The van der Waals surface area contributed by atoms with Crippen LogP contribution in [0.3, 0.4) is 0 Å². The standard InChI is InChI=1S/C30H40ClN5O4/c1-20-17-23(8-9-25(20)31)33-29(39)26(10-13-32)34-30(40)27-18-21-5-2-3-6-22(21)19-36(27)14-4-7-28(38)35-15-11-24(37)12-16-35/h2-3,5-6,8-9,17,24,26-27,37H,4,7,10-16,18-19,32H2,1H3,(H,33,39)(H,34,40)/t26-,27-/m0/s1. The number of nitrogens with one attached hydrogen (secondary N) is 2. The first kappa shape index (κ1) is 30.0. The van der Waals surface area contributed by atoms with Crippen LogP contribution in [-0.4, -0.2) is 77.0 Å². The van der Waals surface area contributed by atoms with Gasteiger partial charge in [-0.2, -0.15) is 0 Å². The summed E-state index contributed by atoms with van der Waals surface area (Å²) in [4.78, 5) is 43.4. The lowest BCUT2D eigenvalue weighted by Gasteiger charge is -2.37. The van der Waals surface area contributed by atoms with Crippen LogP contribution >= 0.6 is 11.6 Å². The molecule has 40 heavy (non-hydrogen) atoms. The minimum atomic E-state index is -0.788. The Morgan fingerprint density at radius 1 is 1.12 bits per heavy atom. The average Bonchev–Trinajstić information content (AvgIpc) is 2.94. The highest BCUT2D eigenvalue weighted by Crippen LogP contribution is 2.25. The molecule has 2 aromatic carbocycles. The molecule has 0 radical (unpaired) electrons. The zero-order valence-corrected chi connectivity index (χ0v) is 23.8. The number of benzene rings is 2. The number of carbonyl (C=O) groups is 3. The SMILES string of the molecule is Cc1cc(NC(=O)[C@H](CCN)NC(=O)[C@@H]2Cc3ccccc3CN2CCCC(=O)N2CCC(O)CC2)ccc1Cl. The number of nitrogens with zero attached hydrogens (tertiary/aromatic N) is 2. The van der Waals surface area contributed by atoms with E-state index in [1.165, 1.54) is 0 Å². The number of aliphatic hydroxyl groups is 1. The Morgan fingerprint density at radius 3 is 2.55 bits per heavy atom. The topological polar surface area (TPSA) is 128 Å². The summed E-state index contributed by atoms with van der Waals surface area (Å²) in [6.07, 6.45) is 2.74. The predicted molar refractivity (Wildman–Crippen MR) is 156 cm³/mol. The minimum Gasteiger partial charge on any atom is -0.393 e. The van der Waals surface area contributed by atoms with Gasteiger partial charge in [-0.1, -0.05) is 35.9 Å². The molecule has 3 amide bonds. The van der Waals surface area contributed by atoms with E-state index in [2.05, 4.69) is 21.6 Å². The number of aliphatic hydroxyl groups excluding tert-OH is 1. The summed E-state index contributed by atoms with van der Waals surface area (Å²) in [5, 5.41) is 16.2. The molecule has 0 aliphatic carbocycles. The summed E-state index contributed by atoms with van der Waals surface area (Å²) in [6.45, 7) is 4.44. The molecule has 0 saturated carbocycles. The number of hydrogen-bond acceptors (Lipinski definition) is 6. The number of rotatable bonds is 10. The molecule has 2 aliphatic rings. The molecule has 1 fully saturated rings. The van der Waals surface area contributed by atoms with Gasteiger partial charge in [0.15, 0.2) is 0 Å². The van der Waals surface area contributed by atoms with Crippen LogP contribution in [0.1, 0.15) is 48.8 Å². The zero-order valence-electron chi connectivity index (χ0n) is 23.1. The van der Waals surface area contributed by atoms with Gasteiger partial charge in [-0.25, -0.2) is 0 Å². The van der Waals surface area contributed by atoms with Gasteiger partial charge in [0.2, 0.25) is 17.7 Å². The van der Waals surface area contributed by atoms with Gasteiger partial charge >= 0.3 is 0 Å². The third kappa shape index (κ3) is 7.81. The predicted octanol–water partition coefficient (Wildman–Crippen LogP) is 2.61. The molecule has 9 nitrogen and oxygen atoms in total. The maximum Gasteiger partial charge on any atom is 0.246 e. The molecule has 5 N–H and O–H groups in total. The van der Waals surface area contributed by atoms with Gasteiger partial charge in [-0.15, -0.1) is 0 Å². The fraction of sp³-hybridized carbons (Fsp3) is 0.500. The summed E-state index contributed by atoms with van der Waals surface area (Å²) in [5.41, 5.74) is 9.52. The molecule has 4 rings (SSSR count). The van der Waals surface area contributed by atoms with Crippen molar-refractivity contribution in [3.63, 3.8) is 0 Å². The van der Waals surface area contributed by atoms with Gasteiger partial charge in [-0.05, 0) is 87.0 Å². The monoisotopic (exact) mass is 569 g/mol. The van der Waals surface area contributed by atoms with Crippen LogP contribution < -0.4 is 16.4 Å². The van der Waals surface area contributed by atoms with E-state index in [0.29, 0.717) is 75.4 Å². The fourth-order valence-electron chi connectivity index (χ4n) is 5.43. The van der Waals surface area contributed by atoms with Crippen molar-refractivity contribution in [3.05, 3.63) is 64.2 Å². The largest absolute Gasteiger partial charge is 0.393 e. The molecule has 2 aliphatic heterocycles. The van der Waals surface area contributed by atoms with E-state index in [9.17, 15) is 19.5 Å².